The molecule has 2 rings (SSSR count). The van der Waals surface area contributed by atoms with Gasteiger partial charge in [0, 0.05) is 16.8 Å². The van der Waals surface area contributed by atoms with Gasteiger partial charge in [-0.25, -0.2) is 0 Å². The number of ether oxygens (including phenoxy) is 1. The molecule has 0 saturated carbocycles. The van der Waals surface area contributed by atoms with E-state index < -0.39 is 0 Å². The third-order valence-electron chi connectivity index (χ3n) is 3.62. The monoisotopic (exact) mass is 246 g/mol. The van der Waals surface area contributed by atoms with Crippen LogP contribution in [0.3, 0.4) is 0 Å². The Labute approximate surface area is 107 Å². The summed E-state index contributed by atoms with van der Waals surface area (Å²) >= 11 is 0. The Bertz CT molecular complexity index is 374. The van der Waals surface area contributed by atoms with Gasteiger partial charge in [-0.15, -0.1) is 0 Å². The summed E-state index contributed by atoms with van der Waals surface area (Å²) in [5.74, 6) is 0. The third kappa shape index (κ3) is 3.08. The van der Waals surface area contributed by atoms with Gasteiger partial charge < -0.3 is 4.74 Å². The molecule has 0 aromatic heterocycles. The lowest BCUT2D eigenvalue weighted by Crippen LogP contribution is -2.33. The average Bonchev–Trinajstić information content (AvgIpc) is 2.38. The Morgan fingerprint density at radius 2 is 2.06 bits per heavy atom. The SMILES string of the molecule is CC=CCc1ccc(C2([SiH3])CCCCO2)cc1. The molecule has 1 atom stereocenters. The van der Waals surface area contributed by atoms with Crippen molar-refractivity contribution in [2.75, 3.05) is 6.61 Å². The predicted molar refractivity (Wildman–Crippen MR) is 76.4 cm³/mol. The molecule has 1 saturated heterocycles. The second-order valence-electron chi connectivity index (χ2n) is 5.01. The molecule has 1 aromatic carbocycles. The number of hydrogen-bond acceptors (Lipinski definition) is 1. The molecule has 1 aliphatic rings. The highest BCUT2D eigenvalue weighted by Crippen LogP contribution is 2.32. The molecule has 92 valence electrons. The average molecular weight is 246 g/mol. The van der Waals surface area contributed by atoms with Crippen molar-refractivity contribution in [3.63, 3.8) is 0 Å². The molecule has 1 unspecified atom stereocenters. The van der Waals surface area contributed by atoms with Crippen molar-refractivity contribution in [3.8, 4) is 0 Å². The van der Waals surface area contributed by atoms with Gasteiger partial charge in [0.15, 0.2) is 0 Å². The van der Waals surface area contributed by atoms with Crippen LogP contribution in [0.4, 0.5) is 0 Å². The Morgan fingerprint density at radius 1 is 1.29 bits per heavy atom. The molecule has 0 amide bonds. The van der Waals surface area contributed by atoms with Crippen LogP contribution in [0.1, 0.15) is 37.3 Å². The maximum atomic E-state index is 6.02. The van der Waals surface area contributed by atoms with E-state index in [1.165, 1.54) is 30.4 Å². The lowest BCUT2D eigenvalue weighted by molar-refractivity contribution is -0.0210. The summed E-state index contributed by atoms with van der Waals surface area (Å²) in [4.78, 5) is 0. The van der Waals surface area contributed by atoms with Crippen molar-refractivity contribution >= 4 is 10.2 Å². The van der Waals surface area contributed by atoms with Crippen molar-refractivity contribution in [2.45, 2.75) is 37.8 Å². The smallest absolute Gasteiger partial charge is 0.0723 e. The van der Waals surface area contributed by atoms with Gasteiger partial charge in [-0.05, 0) is 43.7 Å². The van der Waals surface area contributed by atoms with E-state index in [-0.39, 0.29) is 5.22 Å². The molecule has 0 N–H and O–H groups in total. The summed E-state index contributed by atoms with van der Waals surface area (Å²) in [6, 6.07) is 9.01. The Morgan fingerprint density at radius 3 is 2.65 bits per heavy atom. The number of rotatable bonds is 3. The summed E-state index contributed by atoms with van der Waals surface area (Å²) in [6.45, 7) is 3.00. The molecule has 1 nitrogen and oxygen atoms in total. The second kappa shape index (κ2) is 5.65. The summed E-state index contributed by atoms with van der Waals surface area (Å²) in [5, 5.41) is 0.0807. The van der Waals surface area contributed by atoms with Gasteiger partial charge >= 0.3 is 0 Å². The van der Waals surface area contributed by atoms with Crippen LogP contribution in [0.15, 0.2) is 36.4 Å². The van der Waals surface area contributed by atoms with E-state index in [2.05, 4.69) is 43.3 Å². The van der Waals surface area contributed by atoms with Crippen molar-refractivity contribution in [1.29, 1.82) is 0 Å². The van der Waals surface area contributed by atoms with Gasteiger partial charge in [0.05, 0.1) is 5.22 Å². The second-order valence-corrected chi connectivity index (χ2v) is 6.62. The summed E-state index contributed by atoms with van der Waals surface area (Å²) in [7, 11) is 1.08. The number of allylic oxidation sites excluding steroid dienone is 2. The highest BCUT2D eigenvalue weighted by atomic mass is 28.1. The fourth-order valence-electron chi connectivity index (χ4n) is 2.41. The first-order chi connectivity index (χ1) is 8.24. The minimum atomic E-state index is 0.0807. The van der Waals surface area contributed by atoms with Crippen molar-refractivity contribution in [2.24, 2.45) is 0 Å². The molecule has 1 aliphatic heterocycles. The van der Waals surface area contributed by atoms with Gasteiger partial charge in [-0.3, -0.25) is 0 Å². The van der Waals surface area contributed by atoms with E-state index in [1.54, 1.807) is 0 Å². The molecule has 17 heavy (non-hydrogen) atoms. The van der Waals surface area contributed by atoms with Crippen LogP contribution in [0, 0.1) is 0 Å². The van der Waals surface area contributed by atoms with E-state index in [0.29, 0.717) is 0 Å². The van der Waals surface area contributed by atoms with Crippen LogP contribution in [0.2, 0.25) is 0 Å². The predicted octanol–water partition coefficient (Wildman–Crippen LogP) is 2.52. The van der Waals surface area contributed by atoms with Crippen molar-refractivity contribution < 1.29 is 4.74 Å². The van der Waals surface area contributed by atoms with Crippen LogP contribution < -0.4 is 0 Å². The van der Waals surface area contributed by atoms with Crippen molar-refractivity contribution in [3.05, 3.63) is 47.5 Å². The van der Waals surface area contributed by atoms with Crippen LogP contribution in [0.5, 0.6) is 0 Å². The fraction of sp³-hybridized carbons (Fsp3) is 0.467. The lowest BCUT2D eigenvalue weighted by atomic mass is 9.98. The van der Waals surface area contributed by atoms with Gasteiger partial charge in [-0.2, -0.15) is 0 Å². The highest BCUT2D eigenvalue weighted by Gasteiger charge is 2.29. The topological polar surface area (TPSA) is 9.23 Å². The number of hydrogen-bond donors (Lipinski definition) is 0. The maximum absolute atomic E-state index is 6.02. The quantitative estimate of drug-likeness (QED) is 0.588. The van der Waals surface area contributed by atoms with E-state index in [0.717, 1.165) is 23.3 Å². The fourth-order valence-corrected chi connectivity index (χ4v) is 3.30. The van der Waals surface area contributed by atoms with E-state index >= 15 is 0 Å². The van der Waals surface area contributed by atoms with Gasteiger partial charge in [0.25, 0.3) is 0 Å². The molecule has 2 heteroatoms. The standard InChI is InChI=1S/C15H22OSi/c1-2-3-6-13-7-9-14(10-8-13)15(17)11-4-5-12-16-15/h2-3,7-10H,4-6,11-12H2,1,17H3. The Kier molecular flexibility index (Phi) is 4.19. The molecule has 0 aliphatic carbocycles. The van der Waals surface area contributed by atoms with E-state index in [9.17, 15) is 0 Å². The first kappa shape index (κ1) is 12.6. The zero-order chi connectivity index (χ0) is 12.1. The molecule has 0 radical (unpaired) electrons. The molecule has 1 fully saturated rings. The number of benzene rings is 1. The zero-order valence-electron chi connectivity index (χ0n) is 10.9. The van der Waals surface area contributed by atoms with Gasteiger partial charge in [0.1, 0.15) is 0 Å². The minimum Gasteiger partial charge on any atom is -0.375 e. The van der Waals surface area contributed by atoms with Crippen LogP contribution in [-0.2, 0) is 16.4 Å². The lowest BCUT2D eigenvalue weighted by Gasteiger charge is -2.34. The molecular formula is C15H22OSi. The summed E-state index contributed by atoms with van der Waals surface area (Å²) < 4.78 is 6.02. The zero-order valence-corrected chi connectivity index (χ0v) is 12.9. The van der Waals surface area contributed by atoms with E-state index in [1.807, 2.05) is 0 Å². The van der Waals surface area contributed by atoms with E-state index in [4.69, 9.17) is 4.74 Å². The minimum absolute atomic E-state index is 0.0807. The van der Waals surface area contributed by atoms with Crippen LogP contribution in [0.25, 0.3) is 0 Å². The maximum Gasteiger partial charge on any atom is 0.0723 e. The van der Waals surface area contributed by atoms with Crippen molar-refractivity contribution in [1.82, 2.24) is 0 Å². The third-order valence-corrected chi connectivity index (χ3v) is 4.99. The van der Waals surface area contributed by atoms with Gasteiger partial charge in [0.2, 0.25) is 0 Å². The molecule has 1 heterocycles. The van der Waals surface area contributed by atoms with Crippen LogP contribution in [-0.4, -0.2) is 16.8 Å². The highest BCUT2D eigenvalue weighted by molar-refractivity contribution is 6.14. The van der Waals surface area contributed by atoms with Crippen LogP contribution >= 0.6 is 0 Å². The first-order valence-electron chi connectivity index (χ1n) is 6.59. The molecular weight excluding hydrogens is 224 g/mol. The Balaban J connectivity index is 2.11. The first-order valence-corrected chi connectivity index (χ1v) is 7.59. The normalized spacial score (nSPS) is 25.5. The molecule has 1 aromatic rings. The largest absolute Gasteiger partial charge is 0.375 e. The van der Waals surface area contributed by atoms with Gasteiger partial charge in [-0.1, -0.05) is 36.4 Å². The molecule has 0 bridgehead atoms. The molecule has 0 spiro atoms. The Hall–Kier alpha value is -0.863. The summed E-state index contributed by atoms with van der Waals surface area (Å²) in [5.41, 5.74) is 2.76. The summed E-state index contributed by atoms with van der Waals surface area (Å²) in [6.07, 6.45) is 9.07.